The van der Waals surface area contributed by atoms with E-state index in [2.05, 4.69) is 5.32 Å². The van der Waals surface area contributed by atoms with Gasteiger partial charge in [0.1, 0.15) is 5.69 Å². The van der Waals surface area contributed by atoms with Gasteiger partial charge in [0, 0.05) is 19.2 Å². The molecule has 0 aliphatic carbocycles. The van der Waals surface area contributed by atoms with Gasteiger partial charge in [-0.1, -0.05) is 0 Å². The minimum atomic E-state index is -0.480. The quantitative estimate of drug-likeness (QED) is 0.382. The standard InChI is InChI=1S/C13H20N2O6/c1-19-12-8-10(14-4-3-6-21-7-5-16)11(15(17)18)9-13(12)20-2/h8-9,14,16H,3-7H2,1-2H3. The van der Waals surface area contributed by atoms with Crippen LogP contribution < -0.4 is 14.8 Å². The zero-order valence-corrected chi connectivity index (χ0v) is 12.1. The molecule has 0 amide bonds. The van der Waals surface area contributed by atoms with E-state index in [9.17, 15) is 10.1 Å². The third kappa shape index (κ3) is 5.09. The minimum absolute atomic E-state index is 0.0193. The number of nitrogens with one attached hydrogen (secondary N) is 1. The molecule has 0 bridgehead atoms. The number of hydrogen-bond acceptors (Lipinski definition) is 7. The summed E-state index contributed by atoms with van der Waals surface area (Å²) in [5.74, 6) is 0.725. The molecule has 8 nitrogen and oxygen atoms in total. The van der Waals surface area contributed by atoms with Gasteiger partial charge in [0.05, 0.1) is 38.4 Å². The van der Waals surface area contributed by atoms with Crippen LogP contribution in [0, 0.1) is 10.1 Å². The van der Waals surface area contributed by atoms with Gasteiger partial charge < -0.3 is 24.6 Å². The van der Waals surface area contributed by atoms with Crippen molar-refractivity contribution in [2.24, 2.45) is 0 Å². The van der Waals surface area contributed by atoms with Crippen molar-refractivity contribution in [1.82, 2.24) is 0 Å². The van der Waals surface area contributed by atoms with Gasteiger partial charge in [0.2, 0.25) is 0 Å². The summed E-state index contributed by atoms with van der Waals surface area (Å²) in [5, 5.41) is 22.6. The highest BCUT2D eigenvalue weighted by atomic mass is 16.6. The monoisotopic (exact) mass is 300 g/mol. The highest BCUT2D eigenvalue weighted by Crippen LogP contribution is 2.37. The normalized spacial score (nSPS) is 10.2. The number of nitro groups is 1. The summed E-state index contributed by atoms with van der Waals surface area (Å²) in [6, 6.07) is 2.86. The molecule has 118 valence electrons. The fourth-order valence-electron chi connectivity index (χ4n) is 1.72. The first kappa shape index (κ1) is 17.0. The van der Waals surface area contributed by atoms with Gasteiger partial charge in [-0.2, -0.15) is 0 Å². The Kier molecular flexibility index (Phi) is 7.27. The highest BCUT2D eigenvalue weighted by Gasteiger charge is 2.19. The molecule has 0 atom stereocenters. The Morgan fingerprint density at radius 3 is 2.48 bits per heavy atom. The van der Waals surface area contributed by atoms with E-state index in [-0.39, 0.29) is 18.9 Å². The van der Waals surface area contributed by atoms with Crippen LogP contribution in [0.15, 0.2) is 12.1 Å². The van der Waals surface area contributed by atoms with Crippen LogP contribution in [0.25, 0.3) is 0 Å². The lowest BCUT2D eigenvalue weighted by Gasteiger charge is -2.12. The first-order valence-electron chi connectivity index (χ1n) is 6.47. The van der Waals surface area contributed by atoms with E-state index in [4.69, 9.17) is 19.3 Å². The van der Waals surface area contributed by atoms with Crippen LogP contribution in [-0.4, -0.2) is 50.6 Å². The van der Waals surface area contributed by atoms with Crippen LogP contribution >= 0.6 is 0 Å². The van der Waals surface area contributed by atoms with E-state index in [1.165, 1.54) is 26.4 Å². The van der Waals surface area contributed by atoms with Gasteiger partial charge in [-0.3, -0.25) is 10.1 Å². The van der Waals surface area contributed by atoms with Gasteiger partial charge in [-0.05, 0) is 6.42 Å². The number of anilines is 1. The van der Waals surface area contributed by atoms with Crippen LogP contribution in [0.2, 0.25) is 0 Å². The number of aliphatic hydroxyl groups is 1. The fraction of sp³-hybridized carbons (Fsp3) is 0.538. The van der Waals surface area contributed by atoms with Gasteiger partial charge in [-0.15, -0.1) is 0 Å². The molecule has 0 fully saturated rings. The molecular formula is C13H20N2O6. The van der Waals surface area contributed by atoms with Crippen molar-refractivity contribution in [3.8, 4) is 11.5 Å². The van der Waals surface area contributed by atoms with Crippen LogP contribution in [0.5, 0.6) is 11.5 Å². The lowest BCUT2D eigenvalue weighted by Crippen LogP contribution is -2.09. The first-order chi connectivity index (χ1) is 10.1. The molecule has 0 aliphatic rings. The summed E-state index contributed by atoms with van der Waals surface area (Å²) in [5.41, 5.74) is 0.281. The lowest BCUT2D eigenvalue weighted by atomic mass is 10.2. The largest absolute Gasteiger partial charge is 0.493 e. The van der Waals surface area contributed by atoms with Crippen LogP contribution in [0.1, 0.15) is 6.42 Å². The SMILES string of the molecule is COc1cc(NCCCOCCO)c([N+](=O)[O-])cc1OC. The molecule has 21 heavy (non-hydrogen) atoms. The van der Waals surface area contributed by atoms with E-state index < -0.39 is 4.92 Å². The fourth-order valence-corrected chi connectivity index (χ4v) is 1.72. The zero-order chi connectivity index (χ0) is 15.7. The third-order valence-corrected chi connectivity index (χ3v) is 2.72. The number of methoxy groups -OCH3 is 2. The number of ether oxygens (including phenoxy) is 3. The van der Waals surface area contributed by atoms with Crippen molar-refractivity contribution in [2.45, 2.75) is 6.42 Å². The Bertz CT molecular complexity index is 466. The number of aliphatic hydroxyl groups excluding tert-OH is 1. The smallest absolute Gasteiger partial charge is 0.296 e. The lowest BCUT2D eigenvalue weighted by molar-refractivity contribution is -0.384. The summed E-state index contributed by atoms with van der Waals surface area (Å²) in [6.45, 7) is 1.24. The minimum Gasteiger partial charge on any atom is -0.493 e. The van der Waals surface area contributed by atoms with Crippen LogP contribution in [0.4, 0.5) is 11.4 Å². The molecule has 8 heteroatoms. The summed E-state index contributed by atoms with van der Waals surface area (Å²) in [4.78, 5) is 10.6. The summed E-state index contributed by atoms with van der Waals surface area (Å²) in [6.07, 6.45) is 0.658. The highest BCUT2D eigenvalue weighted by molar-refractivity contribution is 5.68. The number of nitrogens with zero attached hydrogens (tertiary/aromatic N) is 1. The van der Waals surface area contributed by atoms with Crippen molar-refractivity contribution in [2.75, 3.05) is 45.9 Å². The second-order valence-corrected chi connectivity index (χ2v) is 4.10. The summed E-state index contributed by atoms with van der Waals surface area (Å²) < 4.78 is 15.3. The van der Waals surface area contributed by atoms with Gasteiger partial charge in [0.25, 0.3) is 5.69 Å². The molecule has 0 aliphatic heterocycles. The first-order valence-corrected chi connectivity index (χ1v) is 6.47. The van der Waals surface area contributed by atoms with E-state index in [1.54, 1.807) is 0 Å². The predicted octanol–water partition coefficient (Wildman–Crippen LogP) is 1.42. The number of rotatable bonds is 10. The Morgan fingerprint density at radius 1 is 1.24 bits per heavy atom. The maximum atomic E-state index is 11.1. The molecule has 1 aromatic rings. The van der Waals surface area contributed by atoms with E-state index in [0.717, 1.165) is 0 Å². The maximum Gasteiger partial charge on any atom is 0.296 e. The van der Waals surface area contributed by atoms with Crippen molar-refractivity contribution in [1.29, 1.82) is 0 Å². The van der Waals surface area contributed by atoms with Crippen molar-refractivity contribution in [3.05, 3.63) is 22.2 Å². The topological polar surface area (TPSA) is 103 Å². The average molecular weight is 300 g/mol. The second kappa shape index (κ2) is 8.98. The molecule has 0 radical (unpaired) electrons. The molecule has 0 saturated carbocycles. The van der Waals surface area contributed by atoms with E-state index in [0.29, 0.717) is 36.8 Å². The molecule has 0 heterocycles. The Labute approximate surface area is 122 Å². The molecule has 0 spiro atoms. The summed E-state index contributed by atoms with van der Waals surface area (Å²) in [7, 11) is 2.89. The van der Waals surface area contributed by atoms with Crippen LogP contribution in [-0.2, 0) is 4.74 Å². The molecule has 0 aromatic heterocycles. The molecule has 1 aromatic carbocycles. The van der Waals surface area contributed by atoms with Crippen molar-refractivity contribution in [3.63, 3.8) is 0 Å². The van der Waals surface area contributed by atoms with Crippen molar-refractivity contribution < 1.29 is 24.2 Å². The number of hydrogen-bond donors (Lipinski definition) is 2. The Morgan fingerprint density at radius 2 is 1.90 bits per heavy atom. The number of benzene rings is 1. The zero-order valence-electron chi connectivity index (χ0n) is 12.1. The number of nitro benzene ring substituents is 1. The average Bonchev–Trinajstić information content (AvgIpc) is 2.49. The Hall–Kier alpha value is -2.06. The predicted molar refractivity (Wildman–Crippen MR) is 77.2 cm³/mol. The molecule has 2 N–H and O–H groups in total. The Balaban J connectivity index is 2.72. The van der Waals surface area contributed by atoms with Gasteiger partial charge >= 0.3 is 0 Å². The molecular weight excluding hydrogens is 280 g/mol. The summed E-state index contributed by atoms with van der Waals surface area (Å²) >= 11 is 0. The third-order valence-electron chi connectivity index (χ3n) is 2.72. The molecule has 0 saturated heterocycles. The van der Waals surface area contributed by atoms with Gasteiger partial charge in [-0.25, -0.2) is 0 Å². The van der Waals surface area contributed by atoms with Gasteiger partial charge in [0.15, 0.2) is 11.5 Å². The maximum absolute atomic E-state index is 11.1. The molecule has 1 rings (SSSR count). The van der Waals surface area contributed by atoms with Crippen molar-refractivity contribution >= 4 is 11.4 Å². The van der Waals surface area contributed by atoms with E-state index >= 15 is 0 Å². The van der Waals surface area contributed by atoms with Crippen LogP contribution in [0.3, 0.4) is 0 Å². The van der Waals surface area contributed by atoms with E-state index in [1.807, 2.05) is 0 Å². The second-order valence-electron chi connectivity index (χ2n) is 4.10. The molecule has 0 unspecified atom stereocenters.